The first-order chi connectivity index (χ1) is 18.5. The first-order valence-electron chi connectivity index (χ1n) is 13.2. The number of imidazole rings is 1. The van der Waals surface area contributed by atoms with Crippen LogP contribution in [-0.4, -0.2) is 58.1 Å². The quantitative estimate of drug-likeness (QED) is 0.410. The minimum atomic E-state index is -3.77. The van der Waals surface area contributed by atoms with Gasteiger partial charge in [-0.3, -0.25) is 4.79 Å². The minimum absolute atomic E-state index is 0.0505. The van der Waals surface area contributed by atoms with Crippen LogP contribution in [0.3, 0.4) is 0 Å². The van der Waals surface area contributed by atoms with Gasteiger partial charge in [-0.15, -0.1) is 0 Å². The topological polar surface area (TPSA) is 99.3 Å². The number of piperidine rings is 2. The van der Waals surface area contributed by atoms with Crippen LogP contribution in [0.5, 0.6) is 0 Å². The molecule has 0 unspecified atom stereocenters. The average Bonchev–Trinajstić information content (AvgIpc) is 3.42. The number of aromatic nitrogens is 3. The lowest BCUT2D eigenvalue weighted by atomic mass is 9.89. The highest BCUT2D eigenvalue weighted by Gasteiger charge is 2.41. The molecule has 0 radical (unpaired) electrons. The largest absolute Gasteiger partial charge is 0.342 e. The number of carbonyl (C=O) groups is 1. The zero-order valence-electron chi connectivity index (χ0n) is 21.1. The number of H-pyrrole nitrogens is 1. The summed E-state index contributed by atoms with van der Waals surface area (Å²) in [6.45, 7) is 1.46. The number of pyridine rings is 1. The van der Waals surface area contributed by atoms with Gasteiger partial charge in [0.2, 0.25) is 15.9 Å². The normalized spacial score (nSPS) is 21.5. The molecular weight excluding hydrogens is 498 g/mol. The van der Waals surface area contributed by atoms with Gasteiger partial charge in [-0.1, -0.05) is 48.5 Å². The number of sulfonamides is 1. The molecule has 1 amide bonds. The molecule has 8 nitrogen and oxygen atoms in total. The molecule has 6 rings (SSSR count). The molecular formula is C29H31N5O3S. The summed E-state index contributed by atoms with van der Waals surface area (Å²) in [5.41, 5.74) is 2.60. The van der Waals surface area contributed by atoms with E-state index in [0.717, 1.165) is 35.4 Å². The van der Waals surface area contributed by atoms with Crippen LogP contribution >= 0.6 is 0 Å². The molecule has 0 spiro atoms. The van der Waals surface area contributed by atoms with Gasteiger partial charge >= 0.3 is 0 Å². The predicted octanol–water partition coefficient (Wildman–Crippen LogP) is 4.51. The van der Waals surface area contributed by atoms with Crippen molar-refractivity contribution < 1.29 is 13.2 Å². The Morgan fingerprint density at radius 2 is 1.58 bits per heavy atom. The van der Waals surface area contributed by atoms with Gasteiger partial charge in [0.1, 0.15) is 5.82 Å². The lowest BCUT2D eigenvalue weighted by molar-refractivity contribution is -0.138. The molecule has 0 saturated carbocycles. The molecule has 196 valence electrons. The summed E-state index contributed by atoms with van der Waals surface area (Å²) in [5, 5.41) is 0. The second-order valence-electron chi connectivity index (χ2n) is 10.2. The van der Waals surface area contributed by atoms with Crippen LogP contribution < -0.4 is 0 Å². The monoisotopic (exact) mass is 529 g/mol. The number of benzene rings is 2. The van der Waals surface area contributed by atoms with Crippen molar-refractivity contribution in [2.45, 2.75) is 42.5 Å². The fourth-order valence-corrected chi connectivity index (χ4v) is 7.54. The van der Waals surface area contributed by atoms with E-state index in [2.05, 4.69) is 15.0 Å². The van der Waals surface area contributed by atoms with E-state index in [-0.39, 0.29) is 35.2 Å². The van der Waals surface area contributed by atoms with Gasteiger partial charge in [0, 0.05) is 31.7 Å². The lowest BCUT2D eigenvalue weighted by Crippen LogP contribution is -2.49. The van der Waals surface area contributed by atoms with Crippen molar-refractivity contribution in [2.24, 2.45) is 5.92 Å². The summed E-state index contributed by atoms with van der Waals surface area (Å²) in [6.07, 6.45) is 4.64. The van der Waals surface area contributed by atoms with Gasteiger partial charge in [0.25, 0.3) is 0 Å². The van der Waals surface area contributed by atoms with Crippen LogP contribution in [0.15, 0.2) is 83.9 Å². The van der Waals surface area contributed by atoms with Crippen molar-refractivity contribution in [1.29, 1.82) is 0 Å². The van der Waals surface area contributed by atoms with Crippen molar-refractivity contribution in [3.63, 3.8) is 0 Å². The van der Waals surface area contributed by atoms with E-state index in [9.17, 15) is 13.2 Å². The number of hydrogen-bond acceptors (Lipinski definition) is 5. The summed E-state index contributed by atoms with van der Waals surface area (Å²) in [4.78, 5) is 28.2. The molecule has 0 aliphatic carbocycles. The fourth-order valence-electron chi connectivity index (χ4n) is 5.83. The van der Waals surface area contributed by atoms with Crippen molar-refractivity contribution in [1.82, 2.24) is 24.2 Å². The SMILES string of the molecule is O=C([C@@H]1CC[C@H](c2ccccc2)N(S(=O)(=O)c2ccccc2)C1)N1CCC(c2nc3ncccc3[nH]2)CC1. The molecule has 2 aliphatic rings. The zero-order chi connectivity index (χ0) is 26.1. The van der Waals surface area contributed by atoms with E-state index >= 15 is 0 Å². The highest BCUT2D eigenvalue weighted by molar-refractivity contribution is 7.89. The lowest BCUT2D eigenvalue weighted by Gasteiger charge is -2.41. The molecule has 1 N–H and O–H groups in total. The predicted molar refractivity (Wildman–Crippen MR) is 145 cm³/mol. The van der Waals surface area contributed by atoms with Gasteiger partial charge in [0.15, 0.2) is 5.65 Å². The van der Waals surface area contributed by atoms with Crippen molar-refractivity contribution in [2.75, 3.05) is 19.6 Å². The number of carbonyl (C=O) groups excluding carboxylic acids is 1. The molecule has 2 atom stereocenters. The molecule has 2 saturated heterocycles. The van der Waals surface area contributed by atoms with E-state index in [1.165, 1.54) is 0 Å². The number of likely N-dealkylation sites (tertiary alicyclic amines) is 1. The first-order valence-corrected chi connectivity index (χ1v) is 14.7. The van der Waals surface area contributed by atoms with Crippen LogP contribution in [0.1, 0.15) is 49.0 Å². The van der Waals surface area contributed by atoms with Crippen molar-refractivity contribution in [3.05, 3.63) is 90.4 Å². The summed E-state index contributed by atoms with van der Waals surface area (Å²) in [7, 11) is -3.77. The second-order valence-corrected chi connectivity index (χ2v) is 12.1. The van der Waals surface area contributed by atoms with Crippen molar-refractivity contribution >= 4 is 27.1 Å². The van der Waals surface area contributed by atoms with E-state index in [1.54, 1.807) is 34.8 Å². The third kappa shape index (κ3) is 4.72. The number of aromatic amines is 1. The van der Waals surface area contributed by atoms with Crippen LogP contribution in [0.25, 0.3) is 11.2 Å². The first kappa shape index (κ1) is 24.8. The average molecular weight is 530 g/mol. The Hall–Kier alpha value is -3.56. The van der Waals surface area contributed by atoms with Crippen LogP contribution in [0.2, 0.25) is 0 Å². The van der Waals surface area contributed by atoms with Gasteiger partial charge in [-0.05, 0) is 55.5 Å². The number of nitrogens with zero attached hydrogens (tertiary/aromatic N) is 4. The number of fused-ring (bicyclic) bond motifs is 1. The van der Waals surface area contributed by atoms with Crippen molar-refractivity contribution in [3.8, 4) is 0 Å². The van der Waals surface area contributed by atoms with Gasteiger partial charge in [0.05, 0.1) is 22.4 Å². The van der Waals surface area contributed by atoms with Crippen LogP contribution in [0, 0.1) is 5.92 Å². The summed E-state index contributed by atoms with van der Waals surface area (Å²) in [5.74, 6) is 0.862. The standard InChI is InChI=1S/C29H31N5O3S/c35-29(33-18-15-22(16-19-33)27-31-25-12-7-17-30-28(25)32-27)23-13-14-26(21-8-3-1-4-9-21)34(20-23)38(36,37)24-10-5-2-6-11-24/h1-12,17,22-23,26H,13-16,18-20H2,(H,30,31,32)/t23-,26-/m1/s1. The van der Waals surface area contributed by atoms with E-state index in [0.29, 0.717) is 25.9 Å². The number of rotatable bonds is 5. The molecule has 4 heterocycles. The highest BCUT2D eigenvalue weighted by atomic mass is 32.2. The molecule has 2 aromatic carbocycles. The van der Waals surface area contributed by atoms with Gasteiger partial charge in [-0.25, -0.2) is 18.4 Å². The third-order valence-electron chi connectivity index (χ3n) is 7.89. The Labute approximate surface area is 222 Å². The highest BCUT2D eigenvalue weighted by Crippen LogP contribution is 2.38. The maximum absolute atomic E-state index is 13.8. The van der Waals surface area contributed by atoms with Gasteiger partial charge < -0.3 is 9.88 Å². The Bertz CT molecular complexity index is 1480. The molecule has 2 fully saturated rings. The Morgan fingerprint density at radius 1 is 0.868 bits per heavy atom. The van der Waals surface area contributed by atoms with E-state index in [1.807, 2.05) is 53.4 Å². The number of nitrogens with one attached hydrogen (secondary N) is 1. The number of amides is 1. The van der Waals surface area contributed by atoms with Crippen LogP contribution in [-0.2, 0) is 14.8 Å². The summed E-state index contributed by atoms with van der Waals surface area (Å²) < 4.78 is 29.1. The van der Waals surface area contributed by atoms with E-state index in [4.69, 9.17) is 0 Å². The molecule has 2 aromatic heterocycles. The van der Waals surface area contributed by atoms with Gasteiger partial charge in [-0.2, -0.15) is 4.31 Å². The fraction of sp³-hybridized carbons (Fsp3) is 0.345. The Balaban J connectivity index is 1.18. The summed E-state index contributed by atoms with van der Waals surface area (Å²) >= 11 is 0. The maximum atomic E-state index is 13.8. The molecule has 0 bridgehead atoms. The molecule has 38 heavy (non-hydrogen) atoms. The third-order valence-corrected chi connectivity index (χ3v) is 9.78. The molecule has 9 heteroatoms. The Kier molecular flexibility index (Phi) is 6.71. The molecule has 4 aromatic rings. The maximum Gasteiger partial charge on any atom is 0.243 e. The Morgan fingerprint density at radius 3 is 2.29 bits per heavy atom. The molecule has 2 aliphatic heterocycles. The van der Waals surface area contributed by atoms with Crippen LogP contribution in [0.4, 0.5) is 0 Å². The summed E-state index contributed by atoms with van der Waals surface area (Å²) in [6, 6.07) is 21.8. The van der Waals surface area contributed by atoms with E-state index < -0.39 is 10.0 Å². The zero-order valence-corrected chi connectivity index (χ0v) is 21.9. The number of hydrogen-bond donors (Lipinski definition) is 1. The minimum Gasteiger partial charge on any atom is -0.342 e. The smallest absolute Gasteiger partial charge is 0.243 e. The second kappa shape index (κ2) is 10.3.